The fraction of sp³-hybridized carbons (Fsp3) is 0.118. The van der Waals surface area contributed by atoms with Crippen LogP contribution in [-0.2, 0) is 7.05 Å². The summed E-state index contributed by atoms with van der Waals surface area (Å²) in [5, 5.41) is 4.67. The summed E-state index contributed by atoms with van der Waals surface area (Å²) in [6.07, 6.45) is 1.98. The highest BCUT2D eigenvalue weighted by molar-refractivity contribution is 6.31. The topological polar surface area (TPSA) is 34.0 Å². The number of carbonyl (C=O) groups excluding carboxylic acids is 1. The fourth-order valence-electron chi connectivity index (χ4n) is 2.34. The van der Waals surface area contributed by atoms with E-state index in [1.165, 1.54) is 0 Å². The van der Waals surface area contributed by atoms with Crippen LogP contribution in [-0.4, -0.2) is 10.5 Å². The molecule has 21 heavy (non-hydrogen) atoms. The molecule has 0 saturated carbocycles. The van der Waals surface area contributed by atoms with E-state index in [-0.39, 0.29) is 5.91 Å². The summed E-state index contributed by atoms with van der Waals surface area (Å²) in [4.78, 5) is 12.4. The lowest BCUT2D eigenvalue weighted by Gasteiger charge is -2.10. The van der Waals surface area contributed by atoms with Gasteiger partial charge in [-0.2, -0.15) is 0 Å². The molecule has 3 rings (SSSR count). The second kappa shape index (κ2) is 5.26. The van der Waals surface area contributed by atoms with Crippen LogP contribution in [0.5, 0.6) is 0 Å². The van der Waals surface area contributed by atoms with Gasteiger partial charge in [0, 0.05) is 35.0 Å². The Bertz CT molecular complexity index is 836. The number of halogens is 1. The Balaban J connectivity index is 1.93. The second-order valence-corrected chi connectivity index (χ2v) is 5.47. The van der Waals surface area contributed by atoms with Gasteiger partial charge in [-0.3, -0.25) is 4.79 Å². The summed E-state index contributed by atoms with van der Waals surface area (Å²) in [7, 11) is 1.96. The van der Waals surface area contributed by atoms with Crippen molar-refractivity contribution >= 4 is 34.1 Å². The first-order chi connectivity index (χ1) is 10.1. The number of rotatable bonds is 2. The SMILES string of the molecule is Cc1c(Cl)cccc1NC(=O)c1ccc2ccn(C)c2c1. The minimum atomic E-state index is -0.136. The number of aromatic nitrogens is 1. The lowest BCUT2D eigenvalue weighted by molar-refractivity contribution is 0.102. The smallest absolute Gasteiger partial charge is 0.255 e. The highest BCUT2D eigenvalue weighted by atomic mass is 35.5. The predicted molar refractivity (Wildman–Crippen MR) is 87.1 cm³/mol. The van der Waals surface area contributed by atoms with E-state index in [4.69, 9.17) is 11.6 Å². The molecule has 0 saturated heterocycles. The minimum absolute atomic E-state index is 0.136. The number of amides is 1. The van der Waals surface area contributed by atoms with Crippen molar-refractivity contribution < 1.29 is 4.79 Å². The van der Waals surface area contributed by atoms with E-state index in [1.807, 2.05) is 67.2 Å². The van der Waals surface area contributed by atoms with E-state index < -0.39 is 0 Å². The van der Waals surface area contributed by atoms with E-state index in [0.29, 0.717) is 10.6 Å². The number of fused-ring (bicyclic) bond motifs is 1. The van der Waals surface area contributed by atoms with Crippen LogP contribution in [0.2, 0.25) is 5.02 Å². The van der Waals surface area contributed by atoms with Crippen LogP contribution in [0.15, 0.2) is 48.7 Å². The van der Waals surface area contributed by atoms with Gasteiger partial charge in [0.25, 0.3) is 5.91 Å². The minimum Gasteiger partial charge on any atom is -0.351 e. The van der Waals surface area contributed by atoms with E-state index in [0.717, 1.165) is 22.2 Å². The summed E-state index contributed by atoms with van der Waals surface area (Å²) >= 11 is 6.07. The summed E-state index contributed by atoms with van der Waals surface area (Å²) < 4.78 is 2.00. The first-order valence-electron chi connectivity index (χ1n) is 6.68. The highest BCUT2D eigenvalue weighted by Gasteiger charge is 2.10. The van der Waals surface area contributed by atoms with Gasteiger partial charge in [-0.05, 0) is 48.2 Å². The molecule has 1 amide bonds. The molecule has 1 heterocycles. The van der Waals surface area contributed by atoms with Crippen molar-refractivity contribution in [2.45, 2.75) is 6.92 Å². The van der Waals surface area contributed by atoms with Crippen LogP contribution in [0, 0.1) is 6.92 Å². The van der Waals surface area contributed by atoms with Crippen molar-refractivity contribution in [3.8, 4) is 0 Å². The number of hydrogen-bond acceptors (Lipinski definition) is 1. The molecule has 0 fully saturated rings. The summed E-state index contributed by atoms with van der Waals surface area (Å²) in [5.41, 5.74) is 3.26. The number of nitrogens with zero attached hydrogens (tertiary/aromatic N) is 1. The molecule has 0 atom stereocenters. The molecule has 4 heteroatoms. The van der Waals surface area contributed by atoms with Crippen LogP contribution in [0.4, 0.5) is 5.69 Å². The molecule has 3 aromatic rings. The first kappa shape index (κ1) is 13.7. The molecule has 0 aliphatic heterocycles. The molecule has 0 radical (unpaired) electrons. The summed E-state index contributed by atoms with van der Waals surface area (Å²) in [6.45, 7) is 1.89. The predicted octanol–water partition coefficient (Wildman–Crippen LogP) is 4.39. The maximum absolute atomic E-state index is 12.4. The van der Waals surface area contributed by atoms with Crippen molar-refractivity contribution in [1.29, 1.82) is 0 Å². The Labute approximate surface area is 128 Å². The standard InChI is InChI=1S/C17H15ClN2O/c1-11-14(18)4-3-5-15(11)19-17(21)13-7-6-12-8-9-20(2)16(12)10-13/h3-10H,1-2H3,(H,19,21). The Morgan fingerprint density at radius 2 is 2.00 bits per heavy atom. The molecular formula is C17H15ClN2O. The van der Waals surface area contributed by atoms with Crippen LogP contribution >= 0.6 is 11.6 Å². The molecule has 1 aromatic heterocycles. The Hall–Kier alpha value is -2.26. The van der Waals surface area contributed by atoms with Crippen LogP contribution in [0.3, 0.4) is 0 Å². The zero-order valence-corrected chi connectivity index (χ0v) is 12.6. The van der Waals surface area contributed by atoms with E-state index in [9.17, 15) is 4.79 Å². The molecule has 106 valence electrons. The van der Waals surface area contributed by atoms with Crippen molar-refractivity contribution in [3.63, 3.8) is 0 Å². The van der Waals surface area contributed by atoms with Gasteiger partial charge in [0.1, 0.15) is 0 Å². The van der Waals surface area contributed by atoms with E-state index >= 15 is 0 Å². The van der Waals surface area contributed by atoms with Gasteiger partial charge in [-0.25, -0.2) is 0 Å². The molecular weight excluding hydrogens is 284 g/mol. The molecule has 0 aliphatic rings. The number of aryl methyl sites for hydroxylation is 1. The van der Waals surface area contributed by atoms with Crippen LogP contribution in [0.1, 0.15) is 15.9 Å². The molecule has 0 bridgehead atoms. The highest BCUT2D eigenvalue weighted by Crippen LogP contribution is 2.24. The summed E-state index contributed by atoms with van der Waals surface area (Å²) in [6, 6.07) is 13.2. The average Bonchev–Trinajstić information content (AvgIpc) is 2.85. The number of nitrogens with one attached hydrogen (secondary N) is 1. The Morgan fingerprint density at radius 1 is 1.19 bits per heavy atom. The lowest BCUT2D eigenvalue weighted by Crippen LogP contribution is -2.12. The van der Waals surface area contributed by atoms with Gasteiger partial charge in [0.15, 0.2) is 0 Å². The maximum Gasteiger partial charge on any atom is 0.255 e. The van der Waals surface area contributed by atoms with E-state index in [1.54, 1.807) is 0 Å². The van der Waals surface area contributed by atoms with Gasteiger partial charge in [0.2, 0.25) is 0 Å². The zero-order valence-electron chi connectivity index (χ0n) is 11.9. The molecule has 0 aliphatic carbocycles. The third-order valence-corrected chi connectivity index (χ3v) is 4.08. The largest absolute Gasteiger partial charge is 0.351 e. The number of anilines is 1. The molecule has 0 spiro atoms. The summed E-state index contributed by atoms with van der Waals surface area (Å²) in [5.74, 6) is -0.136. The first-order valence-corrected chi connectivity index (χ1v) is 7.05. The zero-order chi connectivity index (χ0) is 15.0. The number of hydrogen-bond donors (Lipinski definition) is 1. The normalized spacial score (nSPS) is 10.8. The number of benzene rings is 2. The Morgan fingerprint density at radius 3 is 2.81 bits per heavy atom. The Kier molecular flexibility index (Phi) is 3.43. The van der Waals surface area contributed by atoms with Gasteiger partial charge >= 0.3 is 0 Å². The second-order valence-electron chi connectivity index (χ2n) is 5.07. The molecule has 2 aromatic carbocycles. The van der Waals surface area contributed by atoms with E-state index in [2.05, 4.69) is 5.32 Å². The van der Waals surface area contributed by atoms with Crippen molar-refractivity contribution in [1.82, 2.24) is 4.57 Å². The third kappa shape index (κ3) is 2.52. The van der Waals surface area contributed by atoms with Crippen molar-refractivity contribution in [2.75, 3.05) is 5.32 Å². The van der Waals surface area contributed by atoms with Crippen molar-refractivity contribution in [2.24, 2.45) is 7.05 Å². The third-order valence-electron chi connectivity index (χ3n) is 3.67. The quantitative estimate of drug-likeness (QED) is 0.748. The number of carbonyl (C=O) groups is 1. The monoisotopic (exact) mass is 298 g/mol. The average molecular weight is 299 g/mol. The molecule has 1 N–H and O–H groups in total. The van der Waals surface area contributed by atoms with Crippen LogP contribution in [0.25, 0.3) is 10.9 Å². The van der Waals surface area contributed by atoms with Gasteiger partial charge in [-0.1, -0.05) is 23.7 Å². The van der Waals surface area contributed by atoms with Gasteiger partial charge in [-0.15, -0.1) is 0 Å². The maximum atomic E-state index is 12.4. The lowest BCUT2D eigenvalue weighted by atomic mass is 10.1. The molecule has 0 unspecified atom stereocenters. The van der Waals surface area contributed by atoms with Crippen LogP contribution < -0.4 is 5.32 Å². The van der Waals surface area contributed by atoms with Gasteiger partial charge in [0.05, 0.1) is 0 Å². The fourth-order valence-corrected chi connectivity index (χ4v) is 2.52. The van der Waals surface area contributed by atoms with Gasteiger partial charge < -0.3 is 9.88 Å². The van der Waals surface area contributed by atoms with Crippen molar-refractivity contribution in [3.05, 3.63) is 64.8 Å². The molecule has 3 nitrogen and oxygen atoms in total.